The summed E-state index contributed by atoms with van der Waals surface area (Å²) in [4.78, 5) is 7.35. The molecule has 0 radical (unpaired) electrons. The van der Waals surface area contributed by atoms with Gasteiger partial charge in [-0.1, -0.05) is 12.1 Å². The predicted molar refractivity (Wildman–Crippen MR) is 86.4 cm³/mol. The fraction of sp³-hybridized carbons (Fsp3) is 0.0588. The third-order valence-electron chi connectivity index (χ3n) is 3.24. The molecule has 1 aromatic heterocycles. The number of benzene rings is 2. The van der Waals surface area contributed by atoms with E-state index in [1.807, 2.05) is 30.3 Å². The third kappa shape index (κ3) is 4.09. The lowest BCUT2D eigenvalue weighted by Crippen LogP contribution is -2.16. The van der Waals surface area contributed by atoms with E-state index in [-0.39, 0.29) is 11.3 Å². The van der Waals surface area contributed by atoms with Crippen LogP contribution in [0.15, 0.2) is 54.7 Å². The molecule has 0 aliphatic rings. The standard InChI is InChI=1S/C17H11F3N4O/c18-17(19,20)25-13-7-5-12(6-8-13)22-10-11(9-21)16-23-14-3-1-2-4-15(14)24-16/h1-8,10,22H,(H,23,24). The molecule has 0 saturated carbocycles. The van der Waals surface area contributed by atoms with Crippen LogP contribution >= 0.6 is 0 Å². The number of aromatic nitrogens is 2. The number of nitriles is 1. The lowest BCUT2D eigenvalue weighted by atomic mass is 10.3. The summed E-state index contributed by atoms with van der Waals surface area (Å²) in [6.45, 7) is 0. The third-order valence-corrected chi connectivity index (χ3v) is 3.24. The van der Waals surface area contributed by atoms with E-state index >= 15 is 0 Å². The van der Waals surface area contributed by atoms with Crippen LogP contribution in [0.4, 0.5) is 18.9 Å². The Bertz CT molecular complexity index is 919. The molecule has 3 aromatic rings. The zero-order valence-corrected chi connectivity index (χ0v) is 12.6. The monoisotopic (exact) mass is 344 g/mol. The van der Waals surface area contributed by atoms with Gasteiger partial charge in [0.2, 0.25) is 0 Å². The van der Waals surface area contributed by atoms with Gasteiger partial charge in [0.1, 0.15) is 17.4 Å². The van der Waals surface area contributed by atoms with Crippen molar-refractivity contribution < 1.29 is 17.9 Å². The first-order valence-corrected chi connectivity index (χ1v) is 7.12. The highest BCUT2D eigenvalue weighted by Crippen LogP contribution is 2.24. The van der Waals surface area contributed by atoms with Gasteiger partial charge in [0.25, 0.3) is 0 Å². The van der Waals surface area contributed by atoms with Crippen molar-refractivity contribution in [3.8, 4) is 11.8 Å². The van der Waals surface area contributed by atoms with E-state index in [0.29, 0.717) is 11.5 Å². The molecule has 2 N–H and O–H groups in total. The Balaban J connectivity index is 1.76. The summed E-state index contributed by atoms with van der Waals surface area (Å²) in [5, 5.41) is 12.1. The molecule has 0 aliphatic heterocycles. The van der Waals surface area contributed by atoms with E-state index in [0.717, 1.165) is 11.0 Å². The number of hydrogen-bond acceptors (Lipinski definition) is 4. The zero-order chi connectivity index (χ0) is 17.9. The second kappa shape index (κ2) is 6.57. The summed E-state index contributed by atoms with van der Waals surface area (Å²) in [6.07, 6.45) is -3.30. The normalized spacial score (nSPS) is 12.0. The van der Waals surface area contributed by atoms with Crippen LogP contribution < -0.4 is 10.1 Å². The summed E-state index contributed by atoms with van der Waals surface area (Å²) < 4.78 is 40.2. The molecule has 5 nitrogen and oxygen atoms in total. The highest BCUT2D eigenvalue weighted by molar-refractivity contribution is 5.82. The average molecular weight is 344 g/mol. The minimum Gasteiger partial charge on any atom is -0.406 e. The SMILES string of the molecule is N#CC(=CNc1ccc(OC(F)(F)F)cc1)c1nc2ccccc2[nH]1. The van der Waals surface area contributed by atoms with Crippen molar-refractivity contribution in [2.45, 2.75) is 6.36 Å². The average Bonchev–Trinajstić information content (AvgIpc) is 2.99. The van der Waals surface area contributed by atoms with Crippen LogP contribution in [0.5, 0.6) is 5.75 Å². The van der Waals surface area contributed by atoms with Crippen molar-refractivity contribution >= 4 is 22.3 Å². The van der Waals surface area contributed by atoms with E-state index in [4.69, 9.17) is 0 Å². The van der Waals surface area contributed by atoms with E-state index in [1.54, 1.807) is 0 Å². The van der Waals surface area contributed by atoms with Crippen molar-refractivity contribution in [3.05, 3.63) is 60.6 Å². The molecule has 0 fully saturated rings. The number of nitrogens with zero attached hydrogens (tertiary/aromatic N) is 2. The Hall–Kier alpha value is -3.47. The van der Waals surface area contributed by atoms with Crippen molar-refractivity contribution in [1.82, 2.24) is 9.97 Å². The van der Waals surface area contributed by atoms with Gasteiger partial charge in [-0.25, -0.2) is 4.98 Å². The van der Waals surface area contributed by atoms with Gasteiger partial charge in [-0.2, -0.15) is 5.26 Å². The van der Waals surface area contributed by atoms with Gasteiger partial charge >= 0.3 is 6.36 Å². The number of hydrogen-bond donors (Lipinski definition) is 2. The van der Waals surface area contributed by atoms with E-state index < -0.39 is 6.36 Å². The molecule has 0 aliphatic carbocycles. The van der Waals surface area contributed by atoms with Gasteiger partial charge in [-0.3, -0.25) is 0 Å². The summed E-state index contributed by atoms with van der Waals surface area (Å²) in [7, 11) is 0. The minimum atomic E-state index is -4.73. The summed E-state index contributed by atoms with van der Waals surface area (Å²) in [5.41, 5.74) is 2.28. The number of allylic oxidation sites excluding steroid dienone is 1. The van der Waals surface area contributed by atoms with Gasteiger partial charge in [0.15, 0.2) is 5.82 Å². The molecule has 0 amide bonds. The van der Waals surface area contributed by atoms with Crippen LogP contribution in [0.2, 0.25) is 0 Å². The lowest BCUT2D eigenvalue weighted by molar-refractivity contribution is -0.274. The molecule has 0 bridgehead atoms. The van der Waals surface area contributed by atoms with Gasteiger partial charge in [-0.05, 0) is 36.4 Å². The smallest absolute Gasteiger partial charge is 0.406 e. The fourth-order valence-electron chi connectivity index (χ4n) is 2.14. The van der Waals surface area contributed by atoms with Crippen molar-refractivity contribution in [2.75, 3.05) is 5.32 Å². The number of aromatic amines is 1. The number of para-hydroxylation sites is 2. The Morgan fingerprint density at radius 3 is 2.52 bits per heavy atom. The number of anilines is 1. The number of halogens is 3. The zero-order valence-electron chi connectivity index (χ0n) is 12.6. The first-order valence-electron chi connectivity index (χ1n) is 7.12. The first-order chi connectivity index (χ1) is 11.9. The van der Waals surface area contributed by atoms with E-state index in [1.165, 1.54) is 30.5 Å². The summed E-state index contributed by atoms with van der Waals surface area (Å²) in [5.74, 6) is 0.0769. The van der Waals surface area contributed by atoms with Crippen molar-refractivity contribution in [3.63, 3.8) is 0 Å². The van der Waals surface area contributed by atoms with E-state index in [9.17, 15) is 18.4 Å². The summed E-state index contributed by atoms with van der Waals surface area (Å²) >= 11 is 0. The largest absolute Gasteiger partial charge is 0.573 e. The molecule has 8 heteroatoms. The molecule has 2 aromatic carbocycles. The molecule has 0 unspecified atom stereocenters. The van der Waals surface area contributed by atoms with E-state index in [2.05, 4.69) is 20.0 Å². The highest BCUT2D eigenvalue weighted by Gasteiger charge is 2.30. The predicted octanol–water partition coefficient (Wildman–Crippen LogP) is 4.44. The van der Waals surface area contributed by atoms with Gasteiger partial charge < -0.3 is 15.0 Å². The maximum atomic E-state index is 12.1. The molecule has 1 heterocycles. The second-order valence-corrected chi connectivity index (χ2v) is 4.99. The van der Waals surface area contributed by atoms with Gasteiger partial charge in [-0.15, -0.1) is 13.2 Å². The molecule has 0 atom stereocenters. The molecule has 25 heavy (non-hydrogen) atoms. The second-order valence-electron chi connectivity index (χ2n) is 4.99. The highest BCUT2D eigenvalue weighted by atomic mass is 19.4. The number of fused-ring (bicyclic) bond motifs is 1. The molecular formula is C17H11F3N4O. The number of rotatable bonds is 4. The molecule has 0 spiro atoms. The Kier molecular flexibility index (Phi) is 4.31. The maximum absolute atomic E-state index is 12.1. The van der Waals surface area contributed by atoms with Crippen LogP contribution in [-0.2, 0) is 0 Å². The number of imidazole rings is 1. The Labute approximate surface area is 140 Å². The van der Waals surface area contributed by atoms with Gasteiger partial charge in [0, 0.05) is 11.9 Å². The summed E-state index contributed by atoms with van der Waals surface area (Å²) in [6, 6.07) is 14.5. The fourth-order valence-corrected chi connectivity index (χ4v) is 2.14. The first kappa shape index (κ1) is 16.4. The maximum Gasteiger partial charge on any atom is 0.573 e. The Morgan fingerprint density at radius 1 is 1.16 bits per heavy atom. The molecule has 3 rings (SSSR count). The van der Waals surface area contributed by atoms with Crippen molar-refractivity contribution in [2.24, 2.45) is 0 Å². The number of alkyl halides is 3. The van der Waals surface area contributed by atoms with Crippen LogP contribution in [0.3, 0.4) is 0 Å². The minimum absolute atomic E-state index is 0.256. The van der Waals surface area contributed by atoms with Crippen LogP contribution in [0, 0.1) is 11.3 Å². The molecular weight excluding hydrogens is 333 g/mol. The van der Waals surface area contributed by atoms with Crippen molar-refractivity contribution in [1.29, 1.82) is 5.26 Å². The quantitative estimate of drug-likeness (QED) is 0.686. The molecule has 126 valence electrons. The number of H-pyrrole nitrogens is 1. The van der Waals surface area contributed by atoms with Crippen LogP contribution in [0.25, 0.3) is 16.6 Å². The number of ether oxygens (including phenoxy) is 1. The molecule has 0 saturated heterocycles. The van der Waals surface area contributed by atoms with Crippen LogP contribution in [0.1, 0.15) is 5.82 Å². The van der Waals surface area contributed by atoms with Gasteiger partial charge in [0.05, 0.1) is 11.0 Å². The number of nitrogens with one attached hydrogen (secondary N) is 2. The lowest BCUT2D eigenvalue weighted by Gasteiger charge is -2.09. The topological polar surface area (TPSA) is 73.7 Å². The van der Waals surface area contributed by atoms with Crippen LogP contribution in [-0.4, -0.2) is 16.3 Å². The Morgan fingerprint density at radius 2 is 1.88 bits per heavy atom.